The first-order chi connectivity index (χ1) is 13.7. The number of nitrogen functional groups attached to an aromatic ring is 1. The van der Waals surface area contributed by atoms with Gasteiger partial charge in [0.25, 0.3) is 0 Å². The zero-order valence-corrected chi connectivity index (χ0v) is 16.9. The van der Waals surface area contributed by atoms with E-state index < -0.39 is 16.1 Å². The third-order valence-corrected chi connectivity index (χ3v) is 5.84. The van der Waals surface area contributed by atoms with Gasteiger partial charge < -0.3 is 15.6 Å². The maximum Gasteiger partial charge on any atom is 0.240 e. The SMILES string of the molecule is N=C(N)c1cccc(OCC(O)CNS(=O)(=O)c2ccc3cc(Cl)ccc3c2)c1. The molecule has 5 N–H and O–H groups in total. The molecule has 0 aromatic heterocycles. The Morgan fingerprint density at radius 2 is 1.86 bits per heavy atom. The number of aliphatic hydroxyl groups is 1. The molecule has 152 valence electrons. The van der Waals surface area contributed by atoms with Gasteiger partial charge in [0.1, 0.15) is 24.3 Å². The minimum absolute atomic E-state index is 0.0922. The first-order valence-electron chi connectivity index (χ1n) is 8.69. The van der Waals surface area contributed by atoms with Crippen LogP contribution >= 0.6 is 11.6 Å². The van der Waals surface area contributed by atoms with Gasteiger partial charge >= 0.3 is 0 Å². The van der Waals surface area contributed by atoms with E-state index in [2.05, 4.69) is 4.72 Å². The van der Waals surface area contributed by atoms with Gasteiger partial charge in [0, 0.05) is 17.1 Å². The number of fused-ring (bicyclic) bond motifs is 1. The van der Waals surface area contributed by atoms with Gasteiger partial charge in [0.2, 0.25) is 10.0 Å². The summed E-state index contributed by atoms with van der Waals surface area (Å²) in [6.45, 7) is -0.340. The van der Waals surface area contributed by atoms with Crippen LogP contribution in [0.5, 0.6) is 5.75 Å². The monoisotopic (exact) mass is 433 g/mol. The Morgan fingerprint density at radius 1 is 1.14 bits per heavy atom. The molecule has 1 atom stereocenters. The summed E-state index contributed by atoms with van der Waals surface area (Å²) in [5.41, 5.74) is 5.92. The van der Waals surface area contributed by atoms with Crippen LogP contribution in [0.25, 0.3) is 10.8 Å². The second kappa shape index (κ2) is 8.79. The highest BCUT2D eigenvalue weighted by Crippen LogP contribution is 2.22. The van der Waals surface area contributed by atoms with Crippen molar-refractivity contribution in [3.8, 4) is 5.75 Å². The van der Waals surface area contributed by atoms with E-state index in [1.54, 1.807) is 54.6 Å². The lowest BCUT2D eigenvalue weighted by Gasteiger charge is -2.14. The second-order valence-electron chi connectivity index (χ2n) is 6.41. The summed E-state index contributed by atoms with van der Waals surface area (Å²) < 4.78 is 32.9. The van der Waals surface area contributed by atoms with Gasteiger partial charge in [-0.2, -0.15) is 0 Å². The lowest BCUT2D eigenvalue weighted by molar-refractivity contribution is 0.111. The van der Waals surface area contributed by atoms with E-state index in [-0.39, 0.29) is 23.9 Å². The lowest BCUT2D eigenvalue weighted by Crippen LogP contribution is -2.35. The second-order valence-corrected chi connectivity index (χ2v) is 8.61. The molecule has 3 aromatic rings. The Morgan fingerprint density at radius 3 is 2.62 bits per heavy atom. The third kappa shape index (κ3) is 5.45. The molecule has 29 heavy (non-hydrogen) atoms. The molecule has 0 radical (unpaired) electrons. The highest BCUT2D eigenvalue weighted by Gasteiger charge is 2.17. The quantitative estimate of drug-likeness (QED) is 0.321. The summed E-state index contributed by atoms with van der Waals surface area (Å²) in [4.78, 5) is 0.0922. The normalized spacial score (nSPS) is 12.6. The fourth-order valence-electron chi connectivity index (χ4n) is 2.66. The summed E-state index contributed by atoms with van der Waals surface area (Å²) in [7, 11) is -3.80. The fraction of sp³-hybridized carbons (Fsp3) is 0.150. The predicted octanol–water partition coefficient (Wildman–Crippen LogP) is 2.50. The number of nitrogens with two attached hydrogens (primary N) is 1. The number of nitrogens with one attached hydrogen (secondary N) is 2. The summed E-state index contributed by atoms with van der Waals surface area (Å²) >= 11 is 5.94. The Labute approximate surface area is 173 Å². The van der Waals surface area contributed by atoms with E-state index in [9.17, 15) is 13.5 Å². The molecule has 0 spiro atoms. The molecule has 0 aliphatic carbocycles. The summed E-state index contributed by atoms with van der Waals surface area (Å²) in [5.74, 6) is 0.328. The van der Waals surface area contributed by atoms with Crippen LogP contribution in [0.15, 0.2) is 65.6 Å². The van der Waals surface area contributed by atoms with E-state index in [1.807, 2.05) is 0 Å². The molecule has 0 aliphatic rings. The lowest BCUT2D eigenvalue weighted by atomic mass is 10.1. The van der Waals surface area contributed by atoms with Gasteiger partial charge in [-0.05, 0) is 47.2 Å². The molecule has 0 aliphatic heterocycles. The maximum atomic E-state index is 12.5. The number of aliphatic hydroxyl groups excluding tert-OH is 1. The fourth-order valence-corrected chi connectivity index (χ4v) is 3.94. The smallest absolute Gasteiger partial charge is 0.240 e. The van der Waals surface area contributed by atoms with Crippen molar-refractivity contribution >= 4 is 38.2 Å². The van der Waals surface area contributed by atoms with Crippen LogP contribution in [0.1, 0.15) is 5.56 Å². The zero-order chi connectivity index (χ0) is 21.0. The van der Waals surface area contributed by atoms with Crippen LogP contribution < -0.4 is 15.2 Å². The average Bonchev–Trinajstić information content (AvgIpc) is 2.70. The van der Waals surface area contributed by atoms with Gasteiger partial charge in [-0.15, -0.1) is 0 Å². The van der Waals surface area contributed by atoms with Crippen molar-refractivity contribution in [3.05, 3.63) is 71.2 Å². The minimum atomic E-state index is -3.80. The molecule has 0 saturated carbocycles. The first kappa shape index (κ1) is 21.1. The molecule has 0 heterocycles. The van der Waals surface area contributed by atoms with Crippen molar-refractivity contribution in [1.82, 2.24) is 4.72 Å². The summed E-state index contributed by atoms with van der Waals surface area (Å²) in [5, 5.41) is 19.6. The molecule has 9 heteroatoms. The van der Waals surface area contributed by atoms with Gasteiger partial charge in [-0.25, -0.2) is 13.1 Å². The maximum absolute atomic E-state index is 12.5. The highest BCUT2D eigenvalue weighted by atomic mass is 35.5. The number of sulfonamides is 1. The largest absolute Gasteiger partial charge is 0.491 e. The van der Waals surface area contributed by atoms with Crippen LogP contribution in [-0.2, 0) is 10.0 Å². The first-order valence-corrected chi connectivity index (χ1v) is 10.5. The van der Waals surface area contributed by atoms with Crippen molar-refractivity contribution in [2.24, 2.45) is 5.73 Å². The van der Waals surface area contributed by atoms with Crippen LogP contribution in [0, 0.1) is 5.41 Å². The van der Waals surface area contributed by atoms with Crippen LogP contribution in [0.3, 0.4) is 0 Å². The molecular formula is C20H20ClN3O4S. The van der Waals surface area contributed by atoms with E-state index in [1.165, 1.54) is 6.07 Å². The number of benzene rings is 3. The molecule has 0 bridgehead atoms. The van der Waals surface area contributed by atoms with Crippen LogP contribution in [-0.4, -0.2) is 38.6 Å². The van der Waals surface area contributed by atoms with E-state index >= 15 is 0 Å². The predicted molar refractivity (Wildman–Crippen MR) is 113 cm³/mol. The minimum Gasteiger partial charge on any atom is -0.491 e. The van der Waals surface area contributed by atoms with Gasteiger partial charge in [-0.3, -0.25) is 5.41 Å². The number of amidine groups is 1. The molecular weight excluding hydrogens is 414 g/mol. The van der Waals surface area contributed by atoms with Gasteiger partial charge in [-0.1, -0.05) is 35.9 Å². The Hall–Kier alpha value is -2.65. The van der Waals surface area contributed by atoms with Gasteiger partial charge in [0.05, 0.1) is 4.90 Å². The van der Waals surface area contributed by atoms with E-state index in [0.29, 0.717) is 16.3 Å². The number of halogens is 1. The topological polar surface area (TPSA) is 126 Å². The van der Waals surface area contributed by atoms with Crippen LogP contribution in [0.2, 0.25) is 5.02 Å². The van der Waals surface area contributed by atoms with Crippen molar-refractivity contribution in [2.45, 2.75) is 11.0 Å². The van der Waals surface area contributed by atoms with Crippen molar-refractivity contribution in [1.29, 1.82) is 5.41 Å². The molecule has 1 unspecified atom stereocenters. The number of rotatable bonds is 8. The molecule has 7 nitrogen and oxygen atoms in total. The van der Waals surface area contributed by atoms with Crippen LogP contribution in [0.4, 0.5) is 0 Å². The molecule has 3 aromatic carbocycles. The number of hydrogen-bond donors (Lipinski definition) is 4. The van der Waals surface area contributed by atoms with Crippen molar-refractivity contribution < 1.29 is 18.3 Å². The van der Waals surface area contributed by atoms with Crippen molar-refractivity contribution in [2.75, 3.05) is 13.2 Å². The standard InChI is InChI=1S/C20H20ClN3O4S/c21-16-6-4-14-10-19(7-5-13(14)8-16)29(26,27)24-11-17(25)12-28-18-3-1-2-15(9-18)20(22)23/h1-10,17,24-25H,11-12H2,(H3,22,23). The molecule has 0 saturated heterocycles. The average molecular weight is 434 g/mol. The molecule has 0 amide bonds. The third-order valence-electron chi connectivity index (χ3n) is 4.18. The van der Waals surface area contributed by atoms with Gasteiger partial charge in [0.15, 0.2) is 0 Å². The Balaban J connectivity index is 1.60. The Kier molecular flexibility index (Phi) is 6.39. The van der Waals surface area contributed by atoms with E-state index in [4.69, 9.17) is 27.5 Å². The highest BCUT2D eigenvalue weighted by molar-refractivity contribution is 7.89. The number of ether oxygens (including phenoxy) is 1. The van der Waals surface area contributed by atoms with Crippen molar-refractivity contribution in [3.63, 3.8) is 0 Å². The Bertz CT molecular complexity index is 1150. The van der Waals surface area contributed by atoms with E-state index in [0.717, 1.165) is 10.8 Å². The zero-order valence-electron chi connectivity index (χ0n) is 15.3. The molecule has 3 rings (SSSR count). The number of hydrogen-bond acceptors (Lipinski definition) is 5. The summed E-state index contributed by atoms with van der Waals surface area (Å²) in [6, 6.07) is 16.5. The summed E-state index contributed by atoms with van der Waals surface area (Å²) in [6.07, 6.45) is -1.06. The molecule has 0 fully saturated rings.